The largest absolute Gasteiger partial charge is 0.382 e. The summed E-state index contributed by atoms with van der Waals surface area (Å²) in [7, 11) is -0.121. The number of fused-ring (bicyclic) bond motifs is 6. The highest BCUT2D eigenvalue weighted by atomic mass is 32.7. The first-order chi connectivity index (χ1) is 21.7. The Morgan fingerprint density at radius 3 is 2.53 bits per heavy atom. The maximum atomic E-state index is 11.3. The second kappa shape index (κ2) is 10.9. The zero-order chi connectivity index (χ0) is 31.1. The number of thiol groups is 1. The van der Waals surface area contributed by atoms with E-state index in [0.29, 0.717) is 22.3 Å². The predicted molar refractivity (Wildman–Crippen MR) is 164 cm³/mol. The summed E-state index contributed by atoms with van der Waals surface area (Å²) >= 11 is 9.70. The van der Waals surface area contributed by atoms with Gasteiger partial charge in [0.2, 0.25) is 0 Å². The molecule has 4 bridgehead atoms. The van der Waals surface area contributed by atoms with Crippen molar-refractivity contribution < 1.29 is 37.4 Å². The first kappa shape index (κ1) is 30.2. The van der Waals surface area contributed by atoms with Crippen LogP contribution in [0.5, 0.6) is 0 Å². The zero-order valence-electron chi connectivity index (χ0n) is 23.4. The normalized spacial score (nSPS) is 35.4. The molecule has 10 atom stereocenters. The fourth-order valence-corrected chi connectivity index (χ4v) is 8.64. The first-order valence-corrected chi connectivity index (χ1v) is 18.6. The zero-order valence-corrected chi connectivity index (χ0v) is 27.0. The number of imidazole rings is 2. The standard InChI is InChI=1S/C23H28N10O8P2S2/c1-10-14-11(39-23(10,5-36-14)33-9-31-13-18(25)27-7-29-20(13)33)2-38-43(34,45)41-16-15-21(40-22(16,3-35-15)4-37-42-44)32-8-30-12-17(24)26-6-28-19(12)32/h6-11,14-16,21,42,44H,2-5H2,1H3,(H,34,45)(H2,24,26,28)(H2,25,27,29)/t10-,11-,14+,15-,16+,21-,22-,23-,43?/m1/s1. The third-order valence-electron chi connectivity index (χ3n) is 8.84. The fraction of sp³-hybridized carbons (Fsp3) is 0.565. The topological polar surface area (TPSA) is 224 Å². The Bertz CT molecular complexity index is 1840. The van der Waals surface area contributed by atoms with Crippen molar-refractivity contribution in [2.75, 3.05) is 37.9 Å². The average Bonchev–Trinajstić information content (AvgIpc) is 3.87. The van der Waals surface area contributed by atoms with Crippen LogP contribution in [0.25, 0.3) is 22.3 Å². The molecule has 22 heteroatoms. The Morgan fingerprint density at radius 1 is 1.04 bits per heavy atom. The molecule has 4 fully saturated rings. The van der Waals surface area contributed by atoms with Gasteiger partial charge in [0.25, 0.3) is 0 Å². The lowest BCUT2D eigenvalue weighted by atomic mass is 9.96. The lowest BCUT2D eigenvalue weighted by Crippen LogP contribution is -2.45. The summed E-state index contributed by atoms with van der Waals surface area (Å²) in [5.74, 6) is 0.378. The third-order valence-corrected chi connectivity index (χ3v) is 11.0. The van der Waals surface area contributed by atoms with Crippen LogP contribution in [-0.2, 0) is 50.1 Å². The number of rotatable bonds is 10. The molecule has 2 unspecified atom stereocenters. The predicted octanol–water partition coefficient (Wildman–Crippen LogP) is 0.657. The third kappa shape index (κ3) is 4.62. The van der Waals surface area contributed by atoms with Gasteiger partial charge < -0.3 is 44.4 Å². The second-order valence-electron chi connectivity index (χ2n) is 11.2. The number of nitrogens with zero attached hydrogens (tertiary/aromatic N) is 8. The van der Waals surface area contributed by atoms with Gasteiger partial charge in [-0.1, -0.05) is 6.92 Å². The summed E-state index contributed by atoms with van der Waals surface area (Å²) in [6, 6.07) is 0. The highest BCUT2D eigenvalue weighted by Gasteiger charge is 2.65. The van der Waals surface area contributed by atoms with Crippen LogP contribution in [0.1, 0.15) is 13.2 Å². The van der Waals surface area contributed by atoms with Crippen LogP contribution in [0.15, 0.2) is 25.3 Å². The Hall–Kier alpha value is -2.19. The number of anilines is 2. The maximum absolute atomic E-state index is 11.3. The summed E-state index contributed by atoms with van der Waals surface area (Å²) in [6.07, 6.45) is 2.63. The summed E-state index contributed by atoms with van der Waals surface area (Å²) in [6.45, 7) is -1.52. The summed E-state index contributed by atoms with van der Waals surface area (Å²) in [5.41, 5.74) is 11.8. The Balaban J connectivity index is 1.01. The Labute approximate surface area is 266 Å². The van der Waals surface area contributed by atoms with Gasteiger partial charge in [-0.3, -0.25) is 13.7 Å². The Kier molecular flexibility index (Phi) is 7.33. The van der Waals surface area contributed by atoms with Crippen LogP contribution in [0.4, 0.5) is 11.6 Å². The number of aromatic nitrogens is 8. The van der Waals surface area contributed by atoms with Crippen molar-refractivity contribution in [3.8, 4) is 0 Å². The van der Waals surface area contributed by atoms with Crippen molar-refractivity contribution in [1.82, 2.24) is 39.0 Å². The van der Waals surface area contributed by atoms with Gasteiger partial charge in [-0.15, -0.1) is 12.2 Å². The van der Waals surface area contributed by atoms with Gasteiger partial charge in [-0.2, -0.15) is 0 Å². The van der Waals surface area contributed by atoms with E-state index in [2.05, 4.69) is 42.2 Å². The molecule has 0 amide bonds. The smallest absolute Gasteiger partial charge is 0.325 e. The van der Waals surface area contributed by atoms with Gasteiger partial charge in [0.15, 0.2) is 34.9 Å². The molecule has 8 heterocycles. The van der Waals surface area contributed by atoms with Crippen LogP contribution in [0, 0.1) is 5.92 Å². The van der Waals surface area contributed by atoms with Gasteiger partial charge in [0, 0.05) is 5.92 Å². The number of nitrogens with two attached hydrogens (primary N) is 2. The first-order valence-electron chi connectivity index (χ1n) is 13.8. The van der Waals surface area contributed by atoms with E-state index in [0.717, 1.165) is 0 Å². The van der Waals surface area contributed by atoms with Gasteiger partial charge in [0.05, 0.1) is 53.2 Å². The number of nitrogen functional groups attached to an aromatic ring is 2. The number of ether oxygens (including phenoxy) is 4. The van der Waals surface area contributed by atoms with E-state index in [1.54, 1.807) is 10.9 Å². The van der Waals surface area contributed by atoms with Crippen molar-refractivity contribution in [3.63, 3.8) is 0 Å². The van der Waals surface area contributed by atoms with Crippen LogP contribution in [0.2, 0.25) is 0 Å². The molecule has 45 heavy (non-hydrogen) atoms. The molecule has 18 nitrogen and oxygen atoms in total. The molecule has 0 aromatic carbocycles. The molecule has 8 rings (SSSR count). The molecule has 5 N–H and O–H groups in total. The van der Waals surface area contributed by atoms with Gasteiger partial charge in [0.1, 0.15) is 47.6 Å². The quantitative estimate of drug-likeness (QED) is 0.132. The van der Waals surface area contributed by atoms with E-state index >= 15 is 0 Å². The molecular weight excluding hydrogens is 670 g/mol. The van der Waals surface area contributed by atoms with Crippen molar-refractivity contribution in [1.29, 1.82) is 0 Å². The average molecular weight is 699 g/mol. The monoisotopic (exact) mass is 698 g/mol. The van der Waals surface area contributed by atoms with Crippen LogP contribution in [-0.4, -0.2) is 100 Å². The van der Waals surface area contributed by atoms with Crippen molar-refractivity contribution in [2.45, 2.75) is 48.9 Å². The highest BCUT2D eigenvalue weighted by molar-refractivity contribution is 8.36. The molecule has 0 spiro atoms. The van der Waals surface area contributed by atoms with E-state index in [1.165, 1.54) is 19.0 Å². The van der Waals surface area contributed by atoms with E-state index in [1.807, 2.05) is 11.5 Å². The van der Waals surface area contributed by atoms with Gasteiger partial charge in [-0.25, -0.2) is 29.9 Å². The van der Waals surface area contributed by atoms with Crippen LogP contribution in [0.3, 0.4) is 0 Å². The molecule has 4 saturated heterocycles. The number of hydrogen-bond acceptors (Lipinski definition) is 17. The van der Waals surface area contributed by atoms with E-state index < -0.39 is 42.6 Å². The molecule has 0 aliphatic carbocycles. The van der Waals surface area contributed by atoms with E-state index in [-0.39, 0.29) is 58.1 Å². The van der Waals surface area contributed by atoms with E-state index in [4.69, 9.17) is 55.8 Å². The van der Waals surface area contributed by atoms with Crippen molar-refractivity contribution in [2.24, 2.45) is 5.92 Å². The molecule has 4 aliphatic heterocycles. The van der Waals surface area contributed by atoms with Crippen molar-refractivity contribution >= 4 is 72.7 Å². The lowest BCUT2D eigenvalue weighted by Gasteiger charge is -2.33. The van der Waals surface area contributed by atoms with Crippen molar-refractivity contribution in [3.05, 3.63) is 25.3 Å². The molecule has 0 radical (unpaired) electrons. The van der Waals surface area contributed by atoms with Gasteiger partial charge in [-0.05, 0) is 11.8 Å². The minimum absolute atomic E-state index is 0.0698. The highest BCUT2D eigenvalue weighted by Crippen LogP contribution is 2.56. The van der Waals surface area contributed by atoms with E-state index in [9.17, 15) is 4.89 Å². The lowest BCUT2D eigenvalue weighted by molar-refractivity contribution is -0.188. The molecule has 0 saturated carbocycles. The van der Waals surface area contributed by atoms with Crippen LogP contribution >= 0.6 is 27.0 Å². The molecule has 240 valence electrons. The minimum atomic E-state index is -3.89. The minimum Gasteiger partial charge on any atom is -0.382 e. The SMILES string of the molecule is C[C@@H]1[C@@H]2OC[C@@]1(n1cnc3c(N)ncnc31)O[C@@H]2COP(O)(=S)O[C@H]1[C@H]2OC[C@]1(COPS)O[C@H]2n1cnc2c(N)ncnc21. The Morgan fingerprint density at radius 2 is 1.76 bits per heavy atom. The molecule has 4 aromatic rings. The fourth-order valence-electron chi connectivity index (χ4n) is 6.68. The maximum Gasteiger partial charge on any atom is 0.325 e. The van der Waals surface area contributed by atoms with Crippen LogP contribution < -0.4 is 11.5 Å². The molecule has 4 aromatic heterocycles. The number of hydrogen-bond donors (Lipinski definition) is 4. The van der Waals surface area contributed by atoms with Gasteiger partial charge >= 0.3 is 6.72 Å². The summed E-state index contributed by atoms with van der Waals surface area (Å²) in [4.78, 5) is 36.8. The molecular formula is C23H28N10O8P2S2. The second-order valence-corrected chi connectivity index (χ2v) is 15.0. The summed E-state index contributed by atoms with van der Waals surface area (Å²) in [5, 5.41) is 0. The summed E-state index contributed by atoms with van der Waals surface area (Å²) < 4.78 is 46.4. The molecule has 4 aliphatic rings.